The van der Waals surface area contributed by atoms with Crippen LogP contribution in [0.3, 0.4) is 0 Å². The topological polar surface area (TPSA) is 71.1 Å². The van der Waals surface area contributed by atoms with Gasteiger partial charge in [-0.25, -0.2) is 0 Å². The minimum Gasteiger partial charge on any atom is -0.457 e. The second kappa shape index (κ2) is 10.2. The van der Waals surface area contributed by atoms with Crippen LogP contribution in [0.5, 0.6) is 34.5 Å². The highest BCUT2D eigenvalue weighted by molar-refractivity contribution is 5.92. The minimum atomic E-state index is -0.569. The summed E-state index contributed by atoms with van der Waals surface area (Å²) in [6.45, 7) is 8.03. The van der Waals surface area contributed by atoms with Gasteiger partial charge in [-0.15, -0.1) is 0 Å². The summed E-state index contributed by atoms with van der Waals surface area (Å²) in [5.74, 6) is 1.19. The zero-order valence-corrected chi connectivity index (χ0v) is 22.8. The summed E-state index contributed by atoms with van der Waals surface area (Å²) in [5, 5.41) is 0. The van der Waals surface area contributed by atoms with Crippen molar-refractivity contribution in [2.24, 2.45) is 11.8 Å². The third-order valence-electron chi connectivity index (χ3n) is 7.71. The molecule has 1 aliphatic carbocycles. The standard InChI is InChI=1S/C32H24O6.C2H6/c1-17-3-7-19(8-4-17)35-21-11-13-23-25(15-21)37-31(33)29-27(23)28-24-14-12-22(16-26(24)38-32(34)30(28)29)36-20-9-5-18(2)6-10-20;1-2/h3-16,27-30H,1-2H3;1-2H3. The highest BCUT2D eigenvalue weighted by atomic mass is 16.5. The molecule has 6 nitrogen and oxygen atoms in total. The average molecular weight is 535 g/mol. The highest BCUT2D eigenvalue weighted by Gasteiger charge is 2.64. The molecule has 4 unspecified atom stereocenters. The number of esters is 2. The number of hydrogen-bond donors (Lipinski definition) is 0. The molecule has 4 aromatic rings. The lowest BCUT2D eigenvalue weighted by atomic mass is 9.51. The van der Waals surface area contributed by atoms with E-state index in [-0.39, 0.29) is 11.8 Å². The van der Waals surface area contributed by atoms with Gasteiger partial charge >= 0.3 is 11.9 Å². The molecule has 2 aliphatic heterocycles. The molecule has 202 valence electrons. The predicted octanol–water partition coefficient (Wildman–Crippen LogP) is 7.87. The summed E-state index contributed by atoms with van der Waals surface area (Å²) < 4.78 is 23.4. The molecule has 0 N–H and O–H groups in total. The van der Waals surface area contributed by atoms with Crippen LogP contribution in [0.2, 0.25) is 0 Å². The van der Waals surface area contributed by atoms with Crippen molar-refractivity contribution >= 4 is 11.9 Å². The molecule has 1 fully saturated rings. The smallest absolute Gasteiger partial charge is 0.315 e. The first-order valence-corrected chi connectivity index (χ1v) is 13.6. The zero-order valence-electron chi connectivity index (χ0n) is 22.8. The van der Waals surface area contributed by atoms with Crippen LogP contribution >= 0.6 is 0 Å². The van der Waals surface area contributed by atoms with Gasteiger partial charge in [-0.05, 0) is 61.4 Å². The number of benzene rings is 4. The quantitative estimate of drug-likeness (QED) is 0.196. The molecule has 4 atom stereocenters. The van der Waals surface area contributed by atoms with E-state index in [1.54, 1.807) is 12.1 Å². The van der Waals surface area contributed by atoms with Gasteiger partial charge in [0.15, 0.2) is 0 Å². The minimum absolute atomic E-state index is 0.180. The number of carbonyl (C=O) groups excluding carboxylic acids is 2. The van der Waals surface area contributed by atoms with Gasteiger partial charge in [0.25, 0.3) is 0 Å². The summed E-state index contributed by atoms with van der Waals surface area (Å²) in [6.07, 6.45) is 0. The fourth-order valence-electron chi connectivity index (χ4n) is 5.83. The zero-order chi connectivity index (χ0) is 28.0. The lowest BCUT2D eigenvalue weighted by Gasteiger charge is -2.53. The van der Waals surface area contributed by atoms with E-state index in [0.29, 0.717) is 34.5 Å². The number of ether oxygens (including phenoxy) is 4. The lowest BCUT2D eigenvalue weighted by Crippen LogP contribution is -2.57. The first-order chi connectivity index (χ1) is 19.4. The van der Waals surface area contributed by atoms with E-state index in [1.165, 1.54) is 0 Å². The van der Waals surface area contributed by atoms with Crippen LogP contribution in [0.25, 0.3) is 0 Å². The molecule has 0 bridgehead atoms. The van der Waals surface area contributed by atoms with Crippen LogP contribution < -0.4 is 18.9 Å². The van der Waals surface area contributed by atoms with Gasteiger partial charge in [0.2, 0.25) is 0 Å². The van der Waals surface area contributed by atoms with Gasteiger partial charge in [-0.3, -0.25) is 9.59 Å². The summed E-state index contributed by atoms with van der Waals surface area (Å²) in [4.78, 5) is 26.1. The second-order valence-electron chi connectivity index (χ2n) is 10.2. The second-order valence-corrected chi connectivity index (χ2v) is 10.2. The summed E-state index contributed by atoms with van der Waals surface area (Å²) >= 11 is 0. The molecule has 0 amide bonds. The summed E-state index contributed by atoms with van der Waals surface area (Å²) in [6, 6.07) is 26.6. The molecule has 0 radical (unpaired) electrons. The van der Waals surface area contributed by atoms with Crippen LogP contribution in [0, 0.1) is 25.7 Å². The number of aryl methyl sites for hydroxylation is 2. The fraction of sp³-hybridized carbons (Fsp3) is 0.235. The van der Waals surface area contributed by atoms with Crippen LogP contribution in [-0.4, -0.2) is 11.9 Å². The van der Waals surface area contributed by atoms with Crippen molar-refractivity contribution in [3.8, 4) is 34.5 Å². The summed E-state index contributed by atoms with van der Waals surface area (Å²) in [5.41, 5.74) is 4.07. The Bertz CT molecular complexity index is 1470. The Labute approximate surface area is 233 Å². The molecule has 2 heterocycles. The molecular formula is C34H30O6. The van der Waals surface area contributed by atoms with Crippen molar-refractivity contribution in [3.63, 3.8) is 0 Å². The van der Waals surface area contributed by atoms with Gasteiger partial charge in [-0.1, -0.05) is 61.4 Å². The molecule has 0 aromatic heterocycles. The van der Waals surface area contributed by atoms with Gasteiger partial charge < -0.3 is 18.9 Å². The van der Waals surface area contributed by atoms with Crippen molar-refractivity contribution < 1.29 is 28.5 Å². The van der Waals surface area contributed by atoms with E-state index in [2.05, 4.69) is 0 Å². The molecular weight excluding hydrogens is 504 g/mol. The maximum Gasteiger partial charge on any atom is 0.315 e. The molecule has 6 heteroatoms. The SMILES string of the molecule is CC.Cc1ccc(Oc2ccc3c(c2)OC(=O)C2C4C(=O)Oc5cc(Oc6ccc(C)cc6)ccc5C4C32)cc1. The number of carbonyl (C=O) groups is 2. The Kier molecular flexibility index (Phi) is 6.54. The van der Waals surface area contributed by atoms with E-state index in [9.17, 15) is 9.59 Å². The van der Waals surface area contributed by atoms with Crippen molar-refractivity contribution in [1.29, 1.82) is 0 Å². The normalized spacial score (nSPS) is 21.5. The summed E-state index contributed by atoms with van der Waals surface area (Å²) in [7, 11) is 0. The first kappa shape index (κ1) is 25.7. The fourth-order valence-corrected chi connectivity index (χ4v) is 5.83. The van der Waals surface area contributed by atoms with Gasteiger partial charge in [-0.2, -0.15) is 0 Å². The van der Waals surface area contributed by atoms with E-state index in [0.717, 1.165) is 22.3 Å². The van der Waals surface area contributed by atoms with E-state index in [4.69, 9.17) is 18.9 Å². The van der Waals surface area contributed by atoms with Crippen LogP contribution in [-0.2, 0) is 9.59 Å². The maximum atomic E-state index is 13.0. The van der Waals surface area contributed by atoms with Gasteiger partial charge in [0, 0.05) is 24.0 Å². The Morgan fingerprint density at radius 1 is 0.500 bits per heavy atom. The van der Waals surface area contributed by atoms with Crippen LogP contribution in [0.4, 0.5) is 0 Å². The van der Waals surface area contributed by atoms with Crippen molar-refractivity contribution in [1.82, 2.24) is 0 Å². The Morgan fingerprint density at radius 2 is 0.850 bits per heavy atom. The van der Waals surface area contributed by atoms with E-state index >= 15 is 0 Å². The average Bonchev–Trinajstić information content (AvgIpc) is 2.93. The third-order valence-corrected chi connectivity index (χ3v) is 7.71. The van der Waals surface area contributed by atoms with Crippen LogP contribution in [0.1, 0.15) is 47.9 Å². The number of rotatable bonds is 4. The first-order valence-electron chi connectivity index (χ1n) is 13.6. The number of hydrogen-bond acceptors (Lipinski definition) is 6. The molecule has 7 rings (SSSR count). The van der Waals surface area contributed by atoms with Crippen molar-refractivity contribution in [2.45, 2.75) is 39.5 Å². The number of fused-ring (bicyclic) bond motifs is 8. The Morgan fingerprint density at radius 3 is 1.23 bits per heavy atom. The Hall–Kier alpha value is -4.58. The Balaban J connectivity index is 0.00000142. The molecule has 3 aliphatic rings. The van der Waals surface area contributed by atoms with E-state index in [1.807, 2.05) is 100 Å². The largest absolute Gasteiger partial charge is 0.457 e. The molecule has 40 heavy (non-hydrogen) atoms. The van der Waals surface area contributed by atoms with Crippen molar-refractivity contribution in [2.75, 3.05) is 0 Å². The maximum absolute atomic E-state index is 13.0. The van der Waals surface area contributed by atoms with Crippen molar-refractivity contribution in [3.05, 3.63) is 107 Å². The molecule has 1 saturated carbocycles. The molecule has 4 aromatic carbocycles. The molecule has 0 spiro atoms. The lowest BCUT2D eigenvalue weighted by molar-refractivity contribution is -0.165. The third kappa shape index (κ3) is 4.39. The highest BCUT2D eigenvalue weighted by Crippen LogP contribution is 2.65. The molecule has 0 saturated heterocycles. The van der Waals surface area contributed by atoms with Crippen LogP contribution in [0.15, 0.2) is 84.9 Å². The van der Waals surface area contributed by atoms with Gasteiger partial charge in [0.1, 0.15) is 34.5 Å². The van der Waals surface area contributed by atoms with E-state index < -0.39 is 23.8 Å². The van der Waals surface area contributed by atoms with Gasteiger partial charge in [0.05, 0.1) is 11.8 Å². The monoisotopic (exact) mass is 534 g/mol. The predicted molar refractivity (Wildman–Crippen MR) is 150 cm³/mol.